The molecule has 1 saturated heterocycles. The van der Waals surface area contributed by atoms with Crippen molar-refractivity contribution in [2.45, 2.75) is 25.7 Å². The first-order chi connectivity index (χ1) is 11.8. The van der Waals surface area contributed by atoms with E-state index in [1.54, 1.807) is 7.11 Å². The lowest BCUT2D eigenvalue weighted by atomic mass is 10.1. The van der Waals surface area contributed by atoms with E-state index in [2.05, 4.69) is 41.2 Å². The summed E-state index contributed by atoms with van der Waals surface area (Å²) in [5, 5.41) is 0. The van der Waals surface area contributed by atoms with Crippen molar-refractivity contribution in [2.24, 2.45) is 0 Å². The Morgan fingerprint density at radius 1 is 1.00 bits per heavy atom. The Balaban J connectivity index is 1.52. The van der Waals surface area contributed by atoms with Gasteiger partial charge in [-0.25, -0.2) is 4.57 Å². The molecule has 24 heavy (non-hydrogen) atoms. The van der Waals surface area contributed by atoms with Gasteiger partial charge in [0.05, 0.1) is 26.7 Å². The molecule has 3 rings (SSSR count). The van der Waals surface area contributed by atoms with Gasteiger partial charge in [-0.15, -0.1) is 0 Å². The molecule has 4 heteroatoms. The zero-order valence-corrected chi connectivity index (χ0v) is 14.1. The average Bonchev–Trinajstić information content (AvgIpc) is 2.67. The van der Waals surface area contributed by atoms with Crippen LogP contribution in [0.25, 0.3) is 12.2 Å². The third kappa shape index (κ3) is 4.91. The zero-order valence-electron chi connectivity index (χ0n) is 14.1. The molecular formula is C20H24NO3+. The minimum Gasteiger partial charge on any atom is -0.497 e. The van der Waals surface area contributed by atoms with Crippen LogP contribution >= 0.6 is 0 Å². The molecule has 1 fully saturated rings. The summed E-state index contributed by atoms with van der Waals surface area (Å²) in [5.74, 6) is 0.874. The van der Waals surface area contributed by atoms with Crippen LogP contribution in [0.1, 0.15) is 24.0 Å². The Morgan fingerprint density at radius 2 is 1.62 bits per heavy atom. The second kappa shape index (κ2) is 8.62. The topological polar surface area (TPSA) is 31.6 Å². The van der Waals surface area contributed by atoms with Crippen LogP contribution in [0.2, 0.25) is 0 Å². The summed E-state index contributed by atoms with van der Waals surface area (Å²) >= 11 is 0. The van der Waals surface area contributed by atoms with E-state index < -0.39 is 0 Å². The number of aryl methyl sites for hydroxylation is 1. The molecule has 126 valence electrons. The Morgan fingerprint density at radius 3 is 2.25 bits per heavy atom. The lowest BCUT2D eigenvalue weighted by molar-refractivity contribution is -0.699. The van der Waals surface area contributed by atoms with Crippen molar-refractivity contribution in [1.29, 1.82) is 0 Å². The number of benzene rings is 1. The molecule has 0 amide bonds. The third-order valence-electron chi connectivity index (χ3n) is 4.02. The van der Waals surface area contributed by atoms with Gasteiger partial charge in [0.1, 0.15) is 5.75 Å². The van der Waals surface area contributed by atoms with Gasteiger partial charge in [0.2, 0.25) is 0 Å². The van der Waals surface area contributed by atoms with E-state index in [1.165, 1.54) is 5.56 Å². The second-order valence-corrected chi connectivity index (χ2v) is 5.79. The van der Waals surface area contributed by atoms with Gasteiger partial charge < -0.3 is 14.2 Å². The minimum atomic E-state index is -0.0547. The standard InChI is InChI=1S/C20H24NO3/c1-22-19-7-5-17(6-8-19)3-4-18-9-12-21(13-10-18)14-11-20-23-15-2-16-24-20/h3-10,12-13,20H,2,11,14-16H2,1H3/q+1/b4-3+. The van der Waals surface area contributed by atoms with E-state index in [0.717, 1.165) is 43.9 Å². The third-order valence-corrected chi connectivity index (χ3v) is 4.02. The van der Waals surface area contributed by atoms with Gasteiger partial charge in [-0.05, 0) is 29.7 Å². The number of hydrogen-bond donors (Lipinski definition) is 0. The molecule has 0 aliphatic carbocycles. The molecule has 0 saturated carbocycles. The largest absolute Gasteiger partial charge is 0.497 e. The van der Waals surface area contributed by atoms with Crippen molar-refractivity contribution in [3.05, 3.63) is 59.9 Å². The highest BCUT2D eigenvalue weighted by molar-refractivity contribution is 5.69. The van der Waals surface area contributed by atoms with Crippen LogP contribution in [0.4, 0.5) is 0 Å². The highest BCUT2D eigenvalue weighted by atomic mass is 16.7. The van der Waals surface area contributed by atoms with Crippen molar-refractivity contribution >= 4 is 12.2 Å². The van der Waals surface area contributed by atoms with Crippen molar-refractivity contribution in [3.63, 3.8) is 0 Å². The lowest BCUT2D eigenvalue weighted by Crippen LogP contribution is -2.36. The molecule has 2 heterocycles. The summed E-state index contributed by atoms with van der Waals surface area (Å²) in [4.78, 5) is 0. The quantitative estimate of drug-likeness (QED) is 0.763. The highest BCUT2D eigenvalue weighted by Crippen LogP contribution is 2.13. The minimum absolute atomic E-state index is 0.0547. The van der Waals surface area contributed by atoms with Gasteiger partial charge in [-0.2, -0.15) is 0 Å². The van der Waals surface area contributed by atoms with Crippen LogP contribution in [0, 0.1) is 0 Å². The first-order valence-corrected chi connectivity index (χ1v) is 8.38. The van der Waals surface area contributed by atoms with Gasteiger partial charge in [-0.1, -0.05) is 24.3 Å². The van der Waals surface area contributed by atoms with E-state index in [1.807, 2.05) is 24.3 Å². The van der Waals surface area contributed by atoms with Crippen LogP contribution in [-0.2, 0) is 16.0 Å². The number of pyridine rings is 1. The summed E-state index contributed by atoms with van der Waals surface area (Å²) in [6.07, 6.45) is 10.2. The lowest BCUT2D eigenvalue weighted by Gasteiger charge is -2.21. The highest BCUT2D eigenvalue weighted by Gasteiger charge is 2.15. The summed E-state index contributed by atoms with van der Waals surface area (Å²) in [6.45, 7) is 2.52. The van der Waals surface area contributed by atoms with Crippen LogP contribution in [-0.4, -0.2) is 26.6 Å². The van der Waals surface area contributed by atoms with Crippen LogP contribution < -0.4 is 9.30 Å². The van der Waals surface area contributed by atoms with E-state index in [0.29, 0.717) is 0 Å². The maximum absolute atomic E-state index is 5.57. The molecule has 0 spiro atoms. The van der Waals surface area contributed by atoms with E-state index in [-0.39, 0.29) is 6.29 Å². The summed E-state index contributed by atoms with van der Waals surface area (Å²) in [5.41, 5.74) is 2.33. The predicted molar refractivity (Wildman–Crippen MR) is 93.5 cm³/mol. The normalized spacial score (nSPS) is 15.7. The molecule has 1 aliphatic heterocycles. The smallest absolute Gasteiger partial charge is 0.169 e. The SMILES string of the molecule is COc1ccc(/C=C/c2cc[n+](CCC3OCCCO3)cc2)cc1. The van der Waals surface area contributed by atoms with E-state index in [4.69, 9.17) is 14.2 Å². The number of hydrogen-bond acceptors (Lipinski definition) is 3. The van der Waals surface area contributed by atoms with Crippen molar-refractivity contribution < 1.29 is 18.8 Å². The van der Waals surface area contributed by atoms with Gasteiger partial charge in [-0.3, -0.25) is 0 Å². The Kier molecular flexibility index (Phi) is 5.99. The van der Waals surface area contributed by atoms with Gasteiger partial charge >= 0.3 is 0 Å². The first-order valence-electron chi connectivity index (χ1n) is 8.38. The van der Waals surface area contributed by atoms with Gasteiger partial charge in [0.15, 0.2) is 25.2 Å². The fraction of sp³-hybridized carbons (Fsp3) is 0.350. The van der Waals surface area contributed by atoms with Crippen molar-refractivity contribution in [1.82, 2.24) is 0 Å². The molecule has 2 aromatic rings. The summed E-state index contributed by atoms with van der Waals surface area (Å²) in [6, 6.07) is 12.2. The maximum atomic E-state index is 5.57. The number of ether oxygens (including phenoxy) is 3. The Labute approximate surface area is 143 Å². The monoisotopic (exact) mass is 326 g/mol. The van der Waals surface area contributed by atoms with Crippen molar-refractivity contribution in [2.75, 3.05) is 20.3 Å². The molecular weight excluding hydrogens is 302 g/mol. The summed E-state index contributed by atoms with van der Waals surface area (Å²) in [7, 11) is 1.68. The Bertz CT molecular complexity index is 644. The number of rotatable bonds is 6. The van der Waals surface area contributed by atoms with Crippen LogP contribution in [0.5, 0.6) is 5.75 Å². The van der Waals surface area contributed by atoms with Gasteiger partial charge in [0, 0.05) is 12.1 Å². The molecule has 0 bridgehead atoms. The molecule has 1 aromatic heterocycles. The fourth-order valence-electron chi connectivity index (χ4n) is 2.59. The van der Waals surface area contributed by atoms with Crippen LogP contribution in [0.3, 0.4) is 0 Å². The predicted octanol–water partition coefficient (Wildman–Crippen LogP) is 3.31. The van der Waals surface area contributed by atoms with Crippen LogP contribution in [0.15, 0.2) is 48.8 Å². The Hall–Kier alpha value is -2.17. The second-order valence-electron chi connectivity index (χ2n) is 5.79. The fourth-order valence-corrected chi connectivity index (χ4v) is 2.59. The number of nitrogens with zero attached hydrogens (tertiary/aromatic N) is 1. The molecule has 4 nitrogen and oxygen atoms in total. The molecule has 0 atom stereocenters. The molecule has 0 unspecified atom stereocenters. The number of methoxy groups -OCH3 is 1. The average molecular weight is 326 g/mol. The molecule has 1 aromatic carbocycles. The van der Waals surface area contributed by atoms with E-state index in [9.17, 15) is 0 Å². The van der Waals surface area contributed by atoms with E-state index >= 15 is 0 Å². The zero-order chi connectivity index (χ0) is 16.6. The first kappa shape index (κ1) is 16.7. The molecule has 0 radical (unpaired) electrons. The van der Waals surface area contributed by atoms with Crippen molar-refractivity contribution in [3.8, 4) is 5.75 Å². The molecule has 0 N–H and O–H groups in total. The number of aromatic nitrogens is 1. The molecule has 1 aliphatic rings. The summed E-state index contributed by atoms with van der Waals surface area (Å²) < 4.78 is 18.5. The van der Waals surface area contributed by atoms with Gasteiger partial charge in [0.25, 0.3) is 0 Å². The maximum Gasteiger partial charge on any atom is 0.169 e.